The van der Waals surface area contributed by atoms with Gasteiger partial charge in [-0.15, -0.1) is 0 Å². The highest BCUT2D eigenvalue weighted by Gasteiger charge is 2.29. The number of carbonyl (C=O) groups excluding carboxylic acids is 3. The van der Waals surface area contributed by atoms with Crippen molar-refractivity contribution in [3.63, 3.8) is 0 Å². The third kappa shape index (κ3) is 6.75. The molecule has 29 heavy (non-hydrogen) atoms. The van der Waals surface area contributed by atoms with Gasteiger partial charge in [-0.25, -0.2) is 0 Å². The Balaban J connectivity index is 1.40. The molecule has 0 unspecified atom stereocenters. The van der Waals surface area contributed by atoms with Crippen LogP contribution in [0.25, 0.3) is 0 Å². The van der Waals surface area contributed by atoms with Gasteiger partial charge >= 0.3 is 5.97 Å². The van der Waals surface area contributed by atoms with Crippen LogP contribution in [0.5, 0.6) is 0 Å². The molecule has 0 aliphatic heterocycles. The average molecular weight is 394 g/mol. The van der Waals surface area contributed by atoms with E-state index in [0.717, 1.165) is 24.0 Å². The first kappa shape index (κ1) is 20.6. The summed E-state index contributed by atoms with van der Waals surface area (Å²) in [4.78, 5) is 35.9. The van der Waals surface area contributed by atoms with E-state index in [1.165, 1.54) is 0 Å². The van der Waals surface area contributed by atoms with Crippen molar-refractivity contribution in [3.05, 3.63) is 59.7 Å². The molecule has 0 aromatic heterocycles. The van der Waals surface area contributed by atoms with Crippen LogP contribution in [0.2, 0.25) is 0 Å². The number of rotatable bonds is 9. The Hall–Kier alpha value is -3.15. The summed E-state index contributed by atoms with van der Waals surface area (Å²) in [7, 11) is 0. The minimum atomic E-state index is -0.391. The van der Waals surface area contributed by atoms with Gasteiger partial charge in [0.2, 0.25) is 11.8 Å². The summed E-state index contributed by atoms with van der Waals surface area (Å²) in [5, 5.41) is 5.68. The van der Waals surface area contributed by atoms with E-state index in [-0.39, 0.29) is 30.6 Å². The number of esters is 1. The van der Waals surface area contributed by atoms with Gasteiger partial charge in [-0.3, -0.25) is 14.4 Å². The Labute approximate surface area is 170 Å². The summed E-state index contributed by atoms with van der Waals surface area (Å²) in [6.45, 7) is 2.20. The minimum Gasteiger partial charge on any atom is -0.465 e. The van der Waals surface area contributed by atoms with Crippen molar-refractivity contribution in [2.45, 2.75) is 39.0 Å². The lowest BCUT2D eigenvalue weighted by Gasteiger charge is -2.11. The van der Waals surface area contributed by atoms with Crippen molar-refractivity contribution in [1.82, 2.24) is 0 Å². The Morgan fingerprint density at radius 3 is 2.48 bits per heavy atom. The molecule has 2 aromatic rings. The topological polar surface area (TPSA) is 84.5 Å². The molecule has 2 amide bonds. The molecule has 2 N–H and O–H groups in total. The van der Waals surface area contributed by atoms with Crippen LogP contribution in [-0.2, 0) is 25.5 Å². The highest BCUT2D eigenvalue weighted by atomic mass is 16.5. The predicted molar refractivity (Wildman–Crippen MR) is 112 cm³/mol. The number of anilines is 2. The normalized spacial score (nSPS) is 12.9. The Morgan fingerprint density at radius 1 is 1.00 bits per heavy atom. The van der Waals surface area contributed by atoms with Crippen LogP contribution in [0, 0.1) is 12.8 Å². The van der Waals surface area contributed by atoms with E-state index < -0.39 is 5.97 Å². The molecule has 0 atom stereocenters. The van der Waals surface area contributed by atoms with Gasteiger partial charge in [0.05, 0.1) is 13.0 Å². The lowest BCUT2D eigenvalue weighted by Crippen LogP contribution is -2.16. The first-order valence-electron chi connectivity index (χ1n) is 9.92. The van der Waals surface area contributed by atoms with Crippen molar-refractivity contribution in [1.29, 1.82) is 0 Å². The fourth-order valence-corrected chi connectivity index (χ4v) is 2.85. The second kappa shape index (κ2) is 9.87. The minimum absolute atomic E-state index is 0.0230. The largest absolute Gasteiger partial charge is 0.465 e. The maximum absolute atomic E-state index is 12.1. The summed E-state index contributed by atoms with van der Waals surface area (Å²) in [6, 6.07) is 15.1. The molecule has 0 heterocycles. The fourth-order valence-electron chi connectivity index (χ4n) is 2.85. The van der Waals surface area contributed by atoms with Gasteiger partial charge in [-0.1, -0.05) is 36.4 Å². The van der Waals surface area contributed by atoms with Crippen LogP contribution < -0.4 is 10.6 Å². The molecule has 3 rings (SSSR count). The lowest BCUT2D eigenvalue weighted by atomic mass is 10.1. The van der Waals surface area contributed by atoms with Crippen LogP contribution in [-0.4, -0.2) is 24.4 Å². The van der Waals surface area contributed by atoms with Crippen LogP contribution in [0.1, 0.15) is 36.8 Å². The molecule has 0 bridgehead atoms. The number of ether oxygens (including phenoxy) is 1. The van der Waals surface area contributed by atoms with Gasteiger partial charge < -0.3 is 15.4 Å². The average Bonchev–Trinajstić information content (AvgIpc) is 3.55. The molecular weight excluding hydrogens is 368 g/mol. The molecule has 1 aliphatic carbocycles. The molecule has 6 nitrogen and oxygen atoms in total. The van der Waals surface area contributed by atoms with Crippen LogP contribution in [0.15, 0.2) is 48.5 Å². The van der Waals surface area contributed by atoms with Crippen molar-refractivity contribution in [2.75, 3.05) is 17.2 Å². The molecule has 0 spiro atoms. The molecule has 2 aromatic carbocycles. The predicted octanol–water partition coefficient (Wildman–Crippen LogP) is 3.85. The number of benzene rings is 2. The summed E-state index contributed by atoms with van der Waals surface area (Å²) in [6.07, 6.45) is 2.59. The summed E-state index contributed by atoms with van der Waals surface area (Å²) in [5.41, 5.74) is 3.31. The van der Waals surface area contributed by atoms with E-state index in [9.17, 15) is 14.4 Å². The van der Waals surface area contributed by atoms with Crippen molar-refractivity contribution in [2.24, 2.45) is 5.92 Å². The van der Waals surface area contributed by atoms with Gasteiger partial charge in [0.15, 0.2) is 0 Å². The van der Waals surface area contributed by atoms with Crippen molar-refractivity contribution in [3.8, 4) is 0 Å². The highest BCUT2D eigenvalue weighted by molar-refractivity contribution is 5.97. The zero-order chi connectivity index (χ0) is 20.6. The summed E-state index contributed by atoms with van der Waals surface area (Å²) < 4.78 is 5.19. The van der Waals surface area contributed by atoms with Crippen molar-refractivity contribution >= 4 is 29.2 Å². The van der Waals surface area contributed by atoms with Gasteiger partial charge in [0.1, 0.15) is 0 Å². The number of carbonyl (C=O) groups is 3. The van der Waals surface area contributed by atoms with Gasteiger partial charge in [0, 0.05) is 30.1 Å². The molecule has 6 heteroatoms. The number of amides is 2. The fraction of sp³-hybridized carbons (Fsp3) is 0.348. The van der Waals surface area contributed by atoms with Gasteiger partial charge in [-0.2, -0.15) is 0 Å². The Bertz CT molecular complexity index is 876. The van der Waals surface area contributed by atoms with E-state index in [1.54, 1.807) is 12.1 Å². The van der Waals surface area contributed by atoms with Gasteiger partial charge in [-0.05, 0) is 43.0 Å². The quantitative estimate of drug-likeness (QED) is 0.633. The number of nitrogens with one attached hydrogen (secondary N) is 2. The maximum atomic E-state index is 12.1. The Kier molecular flexibility index (Phi) is 7.00. The molecule has 0 saturated heterocycles. The van der Waals surface area contributed by atoms with E-state index in [2.05, 4.69) is 10.6 Å². The molecule has 1 saturated carbocycles. The lowest BCUT2D eigenvalue weighted by molar-refractivity contribution is -0.144. The third-order valence-corrected chi connectivity index (χ3v) is 4.78. The van der Waals surface area contributed by atoms with Gasteiger partial charge in [0.25, 0.3) is 0 Å². The molecule has 1 fully saturated rings. The first-order chi connectivity index (χ1) is 14.0. The smallest absolute Gasteiger partial charge is 0.306 e. The number of hydrogen-bond acceptors (Lipinski definition) is 4. The Morgan fingerprint density at radius 2 is 1.76 bits per heavy atom. The van der Waals surface area contributed by atoms with Crippen LogP contribution in [0.3, 0.4) is 0 Å². The van der Waals surface area contributed by atoms with Crippen molar-refractivity contribution < 1.29 is 19.1 Å². The van der Waals surface area contributed by atoms with E-state index >= 15 is 0 Å². The maximum Gasteiger partial charge on any atom is 0.306 e. The van der Waals surface area contributed by atoms with E-state index in [1.807, 2.05) is 43.3 Å². The molecular formula is C23H26N2O4. The zero-order valence-corrected chi connectivity index (χ0v) is 16.6. The number of hydrogen-bond donors (Lipinski definition) is 2. The summed E-state index contributed by atoms with van der Waals surface area (Å²) in [5.74, 6) is -0.527. The molecule has 152 valence electrons. The first-order valence-corrected chi connectivity index (χ1v) is 9.92. The second-order valence-corrected chi connectivity index (χ2v) is 7.30. The SMILES string of the molecule is Cc1ccc(NC(=O)CCC(=O)OCCc2ccccc2)cc1NC(=O)C1CC1. The van der Waals surface area contributed by atoms with Crippen LogP contribution in [0.4, 0.5) is 11.4 Å². The van der Waals surface area contributed by atoms with E-state index in [4.69, 9.17) is 4.74 Å². The van der Waals surface area contributed by atoms with E-state index in [0.29, 0.717) is 24.4 Å². The third-order valence-electron chi connectivity index (χ3n) is 4.78. The second-order valence-electron chi connectivity index (χ2n) is 7.30. The standard InChI is InChI=1S/C23H26N2O4/c1-16-7-10-19(15-20(16)25-23(28)18-8-9-18)24-21(26)11-12-22(27)29-14-13-17-5-3-2-4-6-17/h2-7,10,15,18H,8-9,11-14H2,1H3,(H,24,26)(H,25,28). The summed E-state index contributed by atoms with van der Waals surface area (Å²) >= 11 is 0. The monoisotopic (exact) mass is 394 g/mol. The number of aryl methyl sites for hydroxylation is 1. The molecule has 1 aliphatic rings. The van der Waals surface area contributed by atoms with Crippen LogP contribution >= 0.6 is 0 Å². The zero-order valence-electron chi connectivity index (χ0n) is 16.6. The highest BCUT2D eigenvalue weighted by Crippen LogP contribution is 2.31. The molecule has 0 radical (unpaired) electrons.